The van der Waals surface area contributed by atoms with Gasteiger partial charge in [-0.3, -0.25) is 9.59 Å². The van der Waals surface area contributed by atoms with Gasteiger partial charge >= 0.3 is 0 Å². The number of carbonyl (C=O) groups is 2. The third-order valence-electron chi connectivity index (χ3n) is 6.04. The minimum absolute atomic E-state index is 0.188. The van der Waals surface area contributed by atoms with Crippen LogP contribution in [0.1, 0.15) is 69.8 Å². The smallest absolute Gasteiger partial charge is 0.273 e. The minimum Gasteiger partial charge on any atom is -0.405 e. The van der Waals surface area contributed by atoms with Crippen LogP contribution in [0.3, 0.4) is 0 Å². The molecule has 1 aliphatic carbocycles. The van der Waals surface area contributed by atoms with Crippen molar-refractivity contribution in [1.82, 2.24) is 21.1 Å². The highest BCUT2D eigenvalue weighted by Crippen LogP contribution is 2.40. The first-order valence-corrected chi connectivity index (χ1v) is 11.3. The number of nitrogens with zero attached hydrogens (tertiary/aromatic N) is 1. The van der Waals surface area contributed by atoms with Crippen molar-refractivity contribution >= 4 is 11.8 Å². The lowest BCUT2D eigenvalue weighted by molar-refractivity contribution is 0.0904. The van der Waals surface area contributed by atoms with E-state index in [4.69, 9.17) is 16.0 Å². The molecule has 9 heteroatoms. The molecule has 0 radical (unpaired) electrons. The highest BCUT2D eigenvalue weighted by molar-refractivity contribution is 5.95. The van der Waals surface area contributed by atoms with Crippen molar-refractivity contribution in [2.45, 2.75) is 37.6 Å². The molecule has 0 spiro atoms. The van der Waals surface area contributed by atoms with Gasteiger partial charge in [-0.25, -0.2) is 0 Å². The quantitative estimate of drug-likeness (QED) is 0.386. The van der Waals surface area contributed by atoms with Crippen LogP contribution in [0.15, 0.2) is 59.0 Å². The summed E-state index contributed by atoms with van der Waals surface area (Å²) in [5.74, 6) is 0.959. The first kappa shape index (κ1) is 22.6. The topological polar surface area (TPSA) is 148 Å². The summed E-state index contributed by atoms with van der Waals surface area (Å²) in [4.78, 5) is 25.7. The van der Waals surface area contributed by atoms with Gasteiger partial charge in [-0.15, -0.1) is 0 Å². The molecule has 33 heavy (non-hydrogen) atoms. The van der Waals surface area contributed by atoms with Crippen LogP contribution in [0.4, 0.5) is 0 Å². The average Bonchev–Trinajstić information content (AvgIpc) is 3.57. The zero-order valence-corrected chi connectivity index (χ0v) is 18.4. The Morgan fingerprint density at radius 2 is 1.94 bits per heavy atom. The molecule has 7 N–H and O–H groups in total. The molecular formula is C24H30N6O3. The standard InChI is InChI=1S/C24H30N6O3/c25-10-2-5-21(26)28-23(31)18-4-1-3-17(13-18)22(16-8-11-27-12-9-16)29-24(32)19-14-20(33-30-19)15-6-7-15/h1-5,10,13-16,22,27H,6-9,11-12,25-26H2,(H,28,31)(H,29,32)/b10-2-,21-5+. The van der Waals surface area contributed by atoms with Crippen molar-refractivity contribution in [2.75, 3.05) is 13.1 Å². The molecular weight excluding hydrogens is 420 g/mol. The van der Waals surface area contributed by atoms with E-state index in [-0.39, 0.29) is 35.3 Å². The van der Waals surface area contributed by atoms with E-state index in [2.05, 4.69) is 21.1 Å². The second-order valence-electron chi connectivity index (χ2n) is 8.51. The Kier molecular flexibility index (Phi) is 7.09. The Balaban J connectivity index is 1.54. The Bertz CT molecular complexity index is 1050. The molecule has 0 bridgehead atoms. The van der Waals surface area contributed by atoms with Crippen LogP contribution >= 0.6 is 0 Å². The van der Waals surface area contributed by atoms with Crippen molar-refractivity contribution in [3.05, 3.63) is 77.1 Å². The molecule has 2 aliphatic rings. The molecule has 1 aromatic carbocycles. The van der Waals surface area contributed by atoms with Crippen LogP contribution in [0, 0.1) is 5.92 Å². The summed E-state index contributed by atoms with van der Waals surface area (Å²) < 4.78 is 5.35. The SMILES string of the molecule is N/C=C\C=C(/N)NC(=O)c1cccc(C(NC(=O)c2cc(C3CC3)on2)C2CCNCC2)c1. The van der Waals surface area contributed by atoms with Gasteiger partial charge in [0.25, 0.3) is 11.8 Å². The molecule has 1 aliphatic heterocycles. The lowest BCUT2D eigenvalue weighted by Gasteiger charge is -2.31. The van der Waals surface area contributed by atoms with Crippen LogP contribution in [0.5, 0.6) is 0 Å². The molecule has 1 aromatic heterocycles. The fraction of sp³-hybridized carbons (Fsp3) is 0.375. The number of nitrogens with two attached hydrogens (primary N) is 2. The minimum atomic E-state index is -0.336. The Hall–Kier alpha value is -3.59. The number of benzene rings is 1. The third-order valence-corrected chi connectivity index (χ3v) is 6.04. The molecule has 2 fully saturated rings. The zero-order chi connectivity index (χ0) is 23.2. The lowest BCUT2D eigenvalue weighted by Crippen LogP contribution is -2.39. The van der Waals surface area contributed by atoms with E-state index < -0.39 is 0 Å². The van der Waals surface area contributed by atoms with Gasteiger partial charge in [-0.05, 0) is 80.7 Å². The predicted octanol–water partition coefficient (Wildman–Crippen LogP) is 2.02. The summed E-state index contributed by atoms with van der Waals surface area (Å²) in [5, 5.41) is 13.1. The third kappa shape index (κ3) is 5.81. The molecule has 4 rings (SSSR count). The van der Waals surface area contributed by atoms with Crippen molar-refractivity contribution in [3.63, 3.8) is 0 Å². The number of aromatic nitrogens is 1. The monoisotopic (exact) mass is 450 g/mol. The van der Waals surface area contributed by atoms with Gasteiger partial charge in [0, 0.05) is 17.5 Å². The molecule has 9 nitrogen and oxygen atoms in total. The summed E-state index contributed by atoms with van der Waals surface area (Å²) in [6, 6.07) is 8.73. The molecule has 1 atom stereocenters. The lowest BCUT2D eigenvalue weighted by atomic mass is 9.85. The second-order valence-corrected chi connectivity index (χ2v) is 8.51. The van der Waals surface area contributed by atoms with E-state index in [1.165, 1.54) is 18.4 Å². The summed E-state index contributed by atoms with van der Waals surface area (Å²) in [7, 11) is 0. The maximum atomic E-state index is 13.0. The highest BCUT2D eigenvalue weighted by Gasteiger charge is 2.31. The van der Waals surface area contributed by atoms with Gasteiger partial charge in [0.15, 0.2) is 5.69 Å². The number of nitrogens with one attached hydrogen (secondary N) is 3. The number of hydrogen-bond acceptors (Lipinski definition) is 7. The van der Waals surface area contributed by atoms with Crippen LogP contribution < -0.4 is 27.4 Å². The number of rotatable bonds is 8. The Labute approximate surface area is 192 Å². The number of amides is 2. The van der Waals surface area contributed by atoms with Gasteiger partial charge < -0.3 is 31.9 Å². The number of carbonyl (C=O) groups excluding carboxylic acids is 2. The predicted molar refractivity (Wildman–Crippen MR) is 124 cm³/mol. The van der Waals surface area contributed by atoms with Gasteiger partial charge in [0.05, 0.1) is 6.04 Å². The van der Waals surface area contributed by atoms with E-state index in [1.54, 1.807) is 18.2 Å². The van der Waals surface area contributed by atoms with E-state index in [9.17, 15) is 9.59 Å². The van der Waals surface area contributed by atoms with Crippen LogP contribution in [0.25, 0.3) is 0 Å². The summed E-state index contributed by atoms with van der Waals surface area (Å²) in [5.41, 5.74) is 12.7. The van der Waals surface area contributed by atoms with Crippen molar-refractivity contribution < 1.29 is 14.1 Å². The average molecular weight is 451 g/mol. The summed E-state index contributed by atoms with van der Waals surface area (Å²) in [6.07, 6.45) is 8.34. The highest BCUT2D eigenvalue weighted by atomic mass is 16.5. The van der Waals surface area contributed by atoms with Gasteiger partial charge in [-0.1, -0.05) is 17.3 Å². The first-order valence-electron chi connectivity index (χ1n) is 11.3. The van der Waals surface area contributed by atoms with E-state index >= 15 is 0 Å². The number of hydrogen-bond donors (Lipinski definition) is 5. The summed E-state index contributed by atoms with van der Waals surface area (Å²) in [6.45, 7) is 1.76. The van der Waals surface area contributed by atoms with E-state index in [1.807, 2.05) is 12.1 Å². The zero-order valence-electron chi connectivity index (χ0n) is 18.4. The van der Waals surface area contributed by atoms with Crippen molar-refractivity contribution in [3.8, 4) is 0 Å². The van der Waals surface area contributed by atoms with Gasteiger partial charge in [0.2, 0.25) is 0 Å². The molecule has 174 valence electrons. The van der Waals surface area contributed by atoms with Crippen molar-refractivity contribution in [1.29, 1.82) is 0 Å². The Morgan fingerprint density at radius 3 is 2.67 bits per heavy atom. The number of allylic oxidation sites excluding steroid dienone is 2. The molecule has 2 heterocycles. The van der Waals surface area contributed by atoms with E-state index in [0.717, 1.165) is 50.1 Å². The van der Waals surface area contributed by atoms with Crippen molar-refractivity contribution in [2.24, 2.45) is 17.4 Å². The normalized spacial score (nSPS) is 18.2. The van der Waals surface area contributed by atoms with Crippen LogP contribution in [-0.2, 0) is 0 Å². The summed E-state index contributed by atoms with van der Waals surface area (Å²) >= 11 is 0. The van der Waals surface area contributed by atoms with E-state index in [0.29, 0.717) is 11.5 Å². The Morgan fingerprint density at radius 1 is 1.15 bits per heavy atom. The van der Waals surface area contributed by atoms with Gasteiger partial charge in [-0.2, -0.15) is 0 Å². The number of piperidine rings is 1. The molecule has 2 amide bonds. The largest absolute Gasteiger partial charge is 0.405 e. The fourth-order valence-corrected chi connectivity index (χ4v) is 4.10. The molecule has 2 aromatic rings. The van der Waals surface area contributed by atoms with Gasteiger partial charge in [0.1, 0.15) is 11.6 Å². The fourth-order valence-electron chi connectivity index (χ4n) is 4.10. The second kappa shape index (κ2) is 10.4. The molecule has 1 saturated heterocycles. The maximum absolute atomic E-state index is 13.0. The first-order chi connectivity index (χ1) is 16.0. The molecule has 1 saturated carbocycles. The maximum Gasteiger partial charge on any atom is 0.273 e. The molecule has 1 unspecified atom stereocenters. The van der Waals surface area contributed by atoms with Crippen LogP contribution in [-0.4, -0.2) is 30.1 Å². The van der Waals surface area contributed by atoms with Crippen LogP contribution in [0.2, 0.25) is 0 Å².